The molecule has 8 rings (SSSR count). The number of fused-ring (bicyclic) bond motifs is 4. The molecule has 0 amide bonds. The second-order valence-electron chi connectivity index (χ2n) is 10.4. The van der Waals surface area contributed by atoms with Crippen LogP contribution in [0, 0.1) is 6.92 Å². The molecule has 0 saturated carbocycles. The molecular weight excluding hydrogens is 484 g/mol. The molecule has 1 aromatic heterocycles. The van der Waals surface area contributed by atoms with Crippen LogP contribution >= 0.6 is 0 Å². The number of anilines is 3. The molecule has 6 aromatic carbocycles. The van der Waals surface area contributed by atoms with Gasteiger partial charge in [-0.2, -0.15) is 0 Å². The molecule has 0 aliphatic heterocycles. The lowest BCUT2D eigenvalue weighted by molar-refractivity contribution is 1.23. The Balaban J connectivity index is 1.41. The minimum Gasteiger partial charge on any atom is -0.309 e. The highest BCUT2D eigenvalue weighted by Crippen LogP contribution is 2.51. The number of para-hydroxylation sites is 1. The first-order chi connectivity index (χ1) is 19.8. The number of aromatic nitrogens is 1. The molecule has 1 heterocycles. The summed E-state index contributed by atoms with van der Waals surface area (Å²) >= 11 is 0. The highest BCUT2D eigenvalue weighted by molar-refractivity contribution is 6.20. The third kappa shape index (κ3) is 3.33. The predicted molar refractivity (Wildman–Crippen MR) is 169 cm³/mol. The van der Waals surface area contributed by atoms with E-state index < -0.39 is 0 Å². The van der Waals surface area contributed by atoms with Gasteiger partial charge in [-0.3, -0.25) is 4.98 Å². The zero-order valence-electron chi connectivity index (χ0n) is 22.2. The maximum Gasteiger partial charge on any atom is 0.0569 e. The molecule has 40 heavy (non-hydrogen) atoms. The lowest BCUT2D eigenvalue weighted by atomic mass is 9.89. The fraction of sp³-hybridized carbons (Fsp3) is 0.0263. The number of aryl methyl sites for hydroxylation is 1. The van der Waals surface area contributed by atoms with Gasteiger partial charge in [-0.1, -0.05) is 97.1 Å². The largest absolute Gasteiger partial charge is 0.309 e. The smallest absolute Gasteiger partial charge is 0.0569 e. The summed E-state index contributed by atoms with van der Waals surface area (Å²) in [7, 11) is 0. The maximum atomic E-state index is 4.29. The van der Waals surface area contributed by atoms with E-state index in [0.29, 0.717) is 0 Å². The Morgan fingerprint density at radius 1 is 0.450 bits per heavy atom. The molecule has 2 nitrogen and oxygen atoms in total. The van der Waals surface area contributed by atoms with E-state index in [-0.39, 0.29) is 0 Å². The summed E-state index contributed by atoms with van der Waals surface area (Å²) in [4.78, 5) is 6.64. The van der Waals surface area contributed by atoms with E-state index in [1.54, 1.807) is 0 Å². The molecule has 0 unspecified atom stereocenters. The molecule has 7 aromatic rings. The number of benzene rings is 6. The van der Waals surface area contributed by atoms with Crippen LogP contribution in [0.3, 0.4) is 0 Å². The normalized spacial score (nSPS) is 11.6. The van der Waals surface area contributed by atoms with E-state index in [2.05, 4.69) is 144 Å². The number of pyridine rings is 1. The number of hydrogen-bond acceptors (Lipinski definition) is 2. The highest BCUT2D eigenvalue weighted by Gasteiger charge is 2.24. The molecule has 188 valence electrons. The van der Waals surface area contributed by atoms with Crippen molar-refractivity contribution in [3.63, 3.8) is 0 Å². The van der Waals surface area contributed by atoms with Crippen molar-refractivity contribution >= 4 is 38.6 Å². The van der Waals surface area contributed by atoms with Gasteiger partial charge < -0.3 is 4.90 Å². The molecule has 0 spiro atoms. The van der Waals surface area contributed by atoms with Crippen LogP contribution in [0.15, 0.2) is 140 Å². The Morgan fingerprint density at radius 2 is 1.02 bits per heavy atom. The summed E-state index contributed by atoms with van der Waals surface area (Å²) < 4.78 is 0. The van der Waals surface area contributed by atoms with Gasteiger partial charge in [-0.15, -0.1) is 0 Å². The number of nitrogens with zero attached hydrogens (tertiary/aromatic N) is 2. The minimum atomic E-state index is 1.09. The molecule has 0 N–H and O–H groups in total. The van der Waals surface area contributed by atoms with Gasteiger partial charge in [0, 0.05) is 29.2 Å². The van der Waals surface area contributed by atoms with Crippen LogP contribution in [-0.2, 0) is 0 Å². The summed E-state index contributed by atoms with van der Waals surface area (Å²) in [5.74, 6) is 0. The first-order valence-electron chi connectivity index (χ1n) is 13.7. The van der Waals surface area contributed by atoms with Crippen molar-refractivity contribution in [3.8, 4) is 33.4 Å². The van der Waals surface area contributed by atoms with Crippen molar-refractivity contribution in [1.29, 1.82) is 0 Å². The summed E-state index contributed by atoms with van der Waals surface area (Å²) in [6.07, 6.45) is 3.73. The van der Waals surface area contributed by atoms with E-state index in [1.807, 2.05) is 12.4 Å². The summed E-state index contributed by atoms with van der Waals surface area (Å²) in [6.45, 7) is 2.23. The zero-order chi connectivity index (χ0) is 26.6. The Bertz CT molecular complexity index is 1990. The Kier molecular flexibility index (Phi) is 5.08. The third-order valence-electron chi connectivity index (χ3n) is 8.20. The Labute approximate surface area is 233 Å². The van der Waals surface area contributed by atoms with Gasteiger partial charge in [0.15, 0.2) is 0 Å². The van der Waals surface area contributed by atoms with Gasteiger partial charge >= 0.3 is 0 Å². The van der Waals surface area contributed by atoms with E-state index in [4.69, 9.17) is 0 Å². The third-order valence-corrected chi connectivity index (χ3v) is 8.20. The van der Waals surface area contributed by atoms with Crippen LogP contribution in [-0.4, -0.2) is 4.98 Å². The molecule has 0 saturated heterocycles. The lowest BCUT2D eigenvalue weighted by Crippen LogP contribution is -2.12. The first-order valence-corrected chi connectivity index (χ1v) is 13.7. The molecule has 0 radical (unpaired) electrons. The van der Waals surface area contributed by atoms with Crippen LogP contribution in [0.5, 0.6) is 0 Å². The average molecular weight is 511 g/mol. The second-order valence-corrected chi connectivity index (χ2v) is 10.4. The van der Waals surface area contributed by atoms with E-state index in [9.17, 15) is 0 Å². The van der Waals surface area contributed by atoms with Crippen molar-refractivity contribution in [2.24, 2.45) is 0 Å². The lowest BCUT2D eigenvalue weighted by Gasteiger charge is -2.29. The fourth-order valence-corrected chi connectivity index (χ4v) is 6.54. The molecule has 1 aliphatic rings. The SMILES string of the molecule is Cc1cc(-c2ccc3c4c(cccc24)-c2ccccc2-3)c2ccccc2c1N(c1ccccc1)c1ccncc1. The molecule has 2 heteroatoms. The first kappa shape index (κ1) is 22.7. The molecule has 0 bridgehead atoms. The molecule has 0 fully saturated rings. The van der Waals surface area contributed by atoms with Crippen molar-refractivity contribution in [2.45, 2.75) is 6.92 Å². The topological polar surface area (TPSA) is 16.1 Å². The van der Waals surface area contributed by atoms with Crippen LogP contribution in [0.1, 0.15) is 5.56 Å². The van der Waals surface area contributed by atoms with Crippen LogP contribution in [0.4, 0.5) is 17.1 Å². The number of rotatable bonds is 4. The average Bonchev–Trinajstić information content (AvgIpc) is 3.35. The second kappa shape index (κ2) is 8.93. The van der Waals surface area contributed by atoms with Crippen molar-refractivity contribution in [3.05, 3.63) is 145 Å². The van der Waals surface area contributed by atoms with Gasteiger partial charge in [0.1, 0.15) is 0 Å². The minimum absolute atomic E-state index is 1.09. The van der Waals surface area contributed by atoms with Gasteiger partial charge in [-0.25, -0.2) is 0 Å². The number of hydrogen-bond donors (Lipinski definition) is 0. The molecule has 0 atom stereocenters. The maximum absolute atomic E-state index is 4.29. The Hall–Kier alpha value is -5.21. The van der Waals surface area contributed by atoms with Gasteiger partial charge in [0.2, 0.25) is 0 Å². The van der Waals surface area contributed by atoms with E-state index in [0.717, 1.165) is 11.4 Å². The molecule has 1 aliphatic carbocycles. The summed E-state index contributed by atoms with van der Waals surface area (Å²) in [6, 6.07) is 46.1. The van der Waals surface area contributed by atoms with Gasteiger partial charge in [-0.05, 0) is 92.4 Å². The summed E-state index contributed by atoms with van der Waals surface area (Å²) in [5, 5.41) is 5.13. The van der Waals surface area contributed by atoms with E-state index in [1.165, 1.54) is 66.2 Å². The van der Waals surface area contributed by atoms with Crippen molar-refractivity contribution < 1.29 is 0 Å². The highest BCUT2D eigenvalue weighted by atomic mass is 15.1. The van der Waals surface area contributed by atoms with Crippen LogP contribution in [0.25, 0.3) is 54.9 Å². The van der Waals surface area contributed by atoms with Crippen molar-refractivity contribution in [2.75, 3.05) is 4.90 Å². The molecular formula is C38H26N2. The van der Waals surface area contributed by atoms with Gasteiger partial charge in [0.05, 0.1) is 5.69 Å². The summed E-state index contributed by atoms with van der Waals surface area (Å²) in [5.41, 5.74) is 12.5. The van der Waals surface area contributed by atoms with Crippen LogP contribution in [0.2, 0.25) is 0 Å². The monoisotopic (exact) mass is 510 g/mol. The quantitative estimate of drug-likeness (QED) is 0.234. The predicted octanol–water partition coefficient (Wildman–Crippen LogP) is 10.5. The van der Waals surface area contributed by atoms with Gasteiger partial charge in [0.25, 0.3) is 0 Å². The van der Waals surface area contributed by atoms with Crippen LogP contribution < -0.4 is 4.90 Å². The fourth-order valence-electron chi connectivity index (χ4n) is 6.54. The van der Waals surface area contributed by atoms with Crippen molar-refractivity contribution in [1.82, 2.24) is 4.98 Å². The zero-order valence-corrected chi connectivity index (χ0v) is 22.2. The standard InChI is InChI=1S/C38H26N2/c1-25-24-36(31-18-19-34-29-13-6-5-12-28(29)32-16-9-17-33(31)37(32)34)30-14-7-8-15-35(30)38(25)40(26-10-3-2-4-11-26)27-20-22-39-23-21-27/h2-24H,1H3. The van der Waals surface area contributed by atoms with E-state index >= 15 is 0 Å². The Morgan fingerprint density at radius 3 is 1.80 bits per heavy atom.